The fourth-order valence-electron chi connectivity index (χ4n) is 0. The van der Waals surface area contributed by atoms with E-state index in [0.717, 1.165) is 0 Å². The maximum Gasteiger partial charge on any atom is 1.00 e. The molecule has 0 unspecified atom stereocenters. The quantitative estimate of drug-likeness (QED) is 0.212. The Morgan fingerprint density at radius 3 is 0.0316 bits per heavy atom. The van der Waals surface area contributed by atoms with Crippen molar-refractivity contribution in [2.75, 3.05) is 0 Å². The van der Waals surface area contributed by atoms with Gasteiger partial charge in [0.05, 0.1) is 0 Å². The van der Waals surface area contributed by atoms with Gasteiger partial charge in [-0.2, -0.15) is 0 Å². The molecule has 0 saturated carbocycles. The maximum atomic E-state index is 0. The Balaban J connectivity index is 0. The number of hydrogen-bond donors (Lipinski definition) is 0. The number of halogens is 55. The van der Waals surface area contributed by atoms with Gasteiger partial charge in [0, 0.05) is 0 Å². The summed E-state index contributed by atoms with van der Waals surface area (Å²) in [6, 6.07) is 0. The van der Waals surface area contributed by atoms with Crippen molar-refractivity contribution in [2.45, 2.75) is 0 Å². The first-order chi connectivity index (χ1) is 0. The third-order valence-electron chi connectivity index (χ3n) is 0. The van der Waals surface area contributed by atoms with Gasteiger partial charge in [-0.25, -0.2) is 0 Å². The molecule has 0 aliphatic rings. The zero-order valence-electron chi connectivity index (χ0n) is 61.2. The van der Waals surface area contributed by atoms with Crippen LogP contribution in [0.2, 0.25) is 0 Å². The summed E-state index contributed by atoms with van der Waals surface area (Å²) in [5.74, 6) is 0. The fourth-order valence-corrected chi connectivity index (χ4v) is 0. The van der Waals surface area contributed by atoms with Crippen LogP contribution in [-0.2, 0) is 0 Å². The molecule has 0 spiro atoms. The average Bonchev–Trinajstić information content (AvgIpc) is 0. The summed E-state index contributed by atoms with van der Waals surface area (Å²) in [5, 5.41) is 0. The Morgan fingerprint density at radius 2 is 0.0316 bits per heavy atom. The van der Waals surface area contributed by atoms with Gasteiger partial charge in [-0.05, 0) is 0 Å². The zero-order chi connectivity index (χ0) is 0. The predicted octanol–water partition coefficient (Wildman–Crippen LogP) is -233. The molecule has 0 aromatic heterocycles. The van der Waals surface area contributed by atoms with Crippen molar-refractivity contribution in [3.63, 3.8) is 0 Å². The van der Waals surface area contributed by atoms with E-state index >= 15 is 0 Å². The van der Waals surface area contributed by atoms with Gasteiger partial charge in [0.1, 0.15) is 0 Å². The average molecular weight is 3530 g/mol. The Hall–Kier alpha value is 81.4. The molecule has 0 nitrogen and oxygen atoms in total. The van der Waals surface area contributed by atoms with Crippen molar-refractivity contribution in [3.8, 4) is 0 Å². The van der Waals surface area contributed by atoms with E-state index in [9.17, 15) is 0 Å². The summed E-state index contributed by atoms with van der Waals surface area (Å²) in [6.45, 7) is 0. The van der Waals surface area contributed by atoms with Crippen LogP contribution in [0.3, 0.4) is 0 Å². The molecule has 0 rings (SSSR count). The normalized spacial score (nSPS) is 0. The molecule has 0 amide bonds. The van der Waals surface area contributed by atoms with E-state index in [0.29, 0.717) is 0 Å². The minimum atomic E-state index is 0. The minimum absolute atomic E-state index is 0. The second-order valence-electron chi connectivity index (χ2n) is 0. The Kier molecular flexibility index (Phi) is 6940. The second kappa shape index (κ2) is 805. The summed E-state index contributed by atoms with van der Waals surface area (Å²) in [7, 11) is 0. The van der Waals surface area contributed by atoms with E-state index in [-0.39, 0.29) is 2740 Å². The molecule has 0 radical (unpaired) electrons. The molecule has 0 saturated heterocycles. The van der Waals surface area contributed by atoms with Gasteiger partial charge >= 0.3 is 2060 Å². The first-order valence-electron chi connectivity index (χ1n) is 0. The molecule has 0 bridgehead atoms. The van der Waals surface area contributed by atoms with Crippen molar-refractivity contribution in [1.82, 2.24) is 0 Å². The largest absolute Gasteiger partial charge is 1.00 e. The van der Waals surface area contributed by atoms with E-state index in [1.54, 1.807) is 0 Å². The van der Waals surface area contributed by atoms with Crippen LogP contribution in [0.1, 0.15) is 0 Å². The van der Waals surface area contributed by atoms with Gasteiger partial charge in [0.15, 0.2) is 0 Å². The van der Waals surface area contributed by atoms with Crippen LogP contribution >= 0.6 is 186 Å². The maximum absolute atomic E-state index is 0. The SMILES string of the molecule is Cl.Cl.Cl.Cl.Cl.Cl.Cl.Cl.Cl.Cl.Cl.Cl.Cl.Cl.Cl.[Cl-].[Cl-].[Cl-].[Cl-].[Cl-].[Cl-].[Cl-].[Cl-].[Cl-].[Cl-].[Cl-].[Cl-].[Cl-].[Cl-].[Cl-].[Cl-].[Cl-].[Cl-].[Cl-].[Cl-].[Cl-].[Cl-].[Cl-].[Cl-].[Cl-].[Cl-].[Cl-].[Cl-].[Cl-].[Cl-].[Cl-].[Cl-].[Cl-].[Cl-].[Cl-].[Cl-].[Cl-].[Cl-].[Cl-].[Cl-].[K+].[K+].[K+].[K+].[K+].[K+].[K+].[K+].[K+].[K+].[K+].[K+].[K+].[K+].[K+].[K+].[K+].[K+].[K+].[K+].[K+].[K+].[K+].[K+].[K+].[K+].[K+].[K+].[K+].[K+].[K+].[K+].[K+].[K+].[K+].[K+].[K+].[K+].[K+].[K+]. The predicted molar refractivity (Wildman–Crippen MR) is 109 cm³/mol. The van der Waals surface area contributed by atoms with Crippen molar-refractivity contribution in [1.29, 1.82) is 0 Å². The summed E-state index contributed by atoms with van der Waals surface area (Å²) in [5.41, 5.74) is 0. The summed E-state index contributed by atoms with van der Waals surface area (Å²) in [6.07, 6.45) is 0. The van der Waals surface area contributed by atoms with E-state index in [1.165, 1.54) is 0 Å². The van der Waals surface area contributed by atoms with Gasteiger partial charge in [-0.3, -0.25) is 0 Å². The van der Waals surface area contributed by atoms with Crippen LogP contribution in [0.5, 0.6) is 0 Å². The molecule has 440 valence electrons. The van der Waals surface area contributed by atoms with Crippen LogP contribution in [0.15, 0.2) is 0 Å². The fraction of sp³-hybridized carbons (Fsp3) is 0. The Bertz CT molecular complexity index is 93.3. The molecule has 95 heteroatoms. The third-order valence-corrected chi connectivity index (χ3v) is 0. The molecule has 0 fully saturated rings. The smallest absolute Gasteiger partial charge is 1.00 e. The molecule has 0 aliphatic carbocycles. The first kappa shape index (κ1) is 819. The molecule has 0 aromatic carbocycles. The summed E-state index contributed by atoms with van der Waals surface area (Å²) in [4.78, 5) is 0. The standard InChI is InChI=1S/55ClH.40K/h55*1H;;;;;;;;;;;;;;;;;;;;;;;;;;;;;;;;;;;;;;;;/q;;;;;;;;;;;;;;;;;;;;;;;;;;;;;;;;;;;;;;;;;;;;;;;;;;;;;;;40*+1/p-40. The monoisotopic (exact) mass is 3500 g/mol. The molecule has 0 atom stereocenters. The topological polar surface area (TPSA) is 0 Å². The third kappa shape index (κ3) is 796. The van der Waals surface area contributed by atoms with Crippen molar-refractivity contribution in [2.24, 2.45) is 0 Å². The van der Waals surface area contributed by atoms with Gasteiger partial charge < -0.3 is 496 Å². The first-order valence-corrected chi connectivity index (χ1v) is 0. The van der Waals surface area contributed by atoms with Gasteiger partial charge in [-0.1, -0.05) is 0 Å². The van der Waals surface area contributed by atoms with E-state index in [4.69, 9.17) is 0 Å². The Morgan fingerprint density at radius 1 is 0.0316 bits per heavy atom. The molecule has 95 heavy (non-hydrogen) atoms. The van der Waals surface area contributed by atoms with Gasteiger partial charge in [-0.15, -0.1) is 186 Å². The van der Waals surface area contributed by atoms with Crippen LogP contribution in [0.25, 0.3) is 0 Å². The molecular formula is H15Cl55K40. The van der Waals surface area contributed by atoms with E-state index in [1.807, 2.05) is 0 Å². The van der Waals surface area contributed by atoms with Crippen molar-refractivity contribution < 1.29 is 2550 Å². The van der Waals surface area contributed by atoms with Gasteiger partial charge in [0.25, 0.3) is 0 Å². The van der Waals surface area contributed by atoms with E-state index in [2.05, 4.69) is 0 Å². The zero-order valence-corrected chi connectivity index (χ0v) is 229. The number of hydrogen-bond acceptors (Lipinski definition) is 0. The van der Waals surface area contributed by atoms with Crippen molar-refractivity contribution in [3.05, 3.63) is 0 Å². The molecular weight excluding hydrogens is 3510 g/mol. The van der Waals surface area contributed by atoms with Crippen molar-refractivity contribution >= 4 is 186 Å². The van der Waals surface area contributed by atoms with Crippen LogP contribution in [-0.4, -0.2) is 0 Å². The second-order valence-corrected chi connectivity index (χ2v) is 0. The molecule has 0 N–H and O–H groups in total. The van der Waals surface area contributed by atoms with Crippen LogP contribution in [0.4, 0.5) is 0 Å². The van der Waals surface area contributed by atoms with Crippen LogP contribution < -0.4 is 2550 Å². The number of rotatable bonds is 0. The summed E-state index contributed by atoms with van der Waals surface area (Å²) < 4.78 is 0. The summed E-state index contributed by atoms with van der Waals surface area (Å²) >= 11 is 0. The molecule has 0 aromatic rings. The van der Waals surface area contributed by atoms with Gasteiger partial charge in [0.2, 0.25) is 0 Å². The molecule has 0 aliphatic heterocycles. The van der Waals surface area contributed by atoms with Crippen LogP contribution in [0, 0.1) is 0 Å². The molecule has 0 heterocycles. The minimum Gasteiger partial charge on any atom is -1.00 e. The Labute approximate surface area is 2630 Å². The van der Waals surface area contributed by atoms with E-state index < -0.39 is 0 Å².